The van der Waals surface area contributed by atoms with Crippen LogP contribution in [0.2, 0.25) is 0 Å². The number of esters is 1. The Bertz CT molecular complexity index is 682. The van der Waals surface area contributed by atoms with Gasteiger partial charge in [0.2, 0.25) is 0 Å². The Balaban J connectivity index is 1.54. The molecule has 0 aromatic heterocycles. The second-order valence-electron chi connectivity index (χ2n) is 11.1. The van der Waals surface area contributed by atoms with Crippen molar-refractivity contribution in [3.8, 4) is 6.07 Å². The van der Waals surface area contributed by atoms with Gasteiger partial charge in [-0.05, 0) is 99.2 Å². The minimum absolute atomic E-state index is 0.0958. The fourth-order valence-electron chi connectivity index (χ4n) is 8.56. The van der Waals surface area contributed by atoms with E-state index in [9.17, 15) is 15.2 Å². The Kier molecular flexibility index (Phi) is 4.85. The Labute approximate surface area is 170 Å². The van der Waals surface area contributed by atoms with Crippen LogP contribution in [0.4, 0.5) is 0 Å². The Morgan fingerprint density at radius 2 is 1.75 bits per heavy atom. The smallest absolute Gasteiger partial charge is 0.302 e. The van der Waals surface area contributed by atoms with Gasteiger partial charge in [0.1, 0.15) is 6.10 Å². The van der Waals surface area contributed by atoms with Gasteiger partial charge in [0, 0.05) is 12.8 Å². The minimum atomic E-state index is -1.21. The van der Waals surface area contributed by atoms with E-state index in [1.807, 2.05) is 0 Å². The maximum absolute atomic E-state index is 11.4. The molecule has 4 rings (SSSR count). The van der Waals surface area contributed by atoms with Crippen molar-refractivity contribution >= 4 is 5.97 Å². The van der Waals surface area contributed by atoms with Crippen molar-refractivity contribution in [3.05, 3.63) is 0 Å². The monoisotopic (exact) mass is 387 g/mol. The van der Waals surface area contributed by atoms with Crippen LogP contribution in [-0.2, 0) is 9.53 Å². The molecule has 0 bridgehead atoms. The molecule has 4 nitrogen and oxygen atoms in total. The molecule has 0 spiro atoms. The molecule has 4 aliphatic rings. The van der Waals surface area contributed by atoms with Crippen LogP contribution >= 0.6 is 0 Å². The lowest BCUT2D eigenvalue weighted by atomic mass is 9.44. The molecule has 156 valence electrons. The number of nitrogens with zero attached hydrogens (tertiary/aromatic N) is 1. The number of carbonyl (C=O) groups excluding carboxylic acids is 1. The Morgan fingerprint density at radius 1 is 1.07 bits per heavy atom. The van der Waals surface area contributed by atoms with Gasteiger partial charge >= 0.3 is 5.97 Å². The third kappa shape index (κ3) is 2.92. The van der Waals surface area contributed by atoms with E-state index in [2.05, 4.69) is 19.9 Å². The van der Waals surface area contributed by atoms with Gasteiger partial charge < -0.3 is 9.84 Å². The van der Waals surface area contributed by atoms with Crippen molar-refractivity contribution in [2.75, 3.05) is 0 Å². The summed E-state index contributed by atoms with van der Waals surface area (Å²) >= 11 is 0. The molecule has 4 saturated carbocycles. The second kappa shape index (κ2) is 6.73. The summed E-state index contributed by atoms with van der Waals surface area (Å²) in [6, 6.07) is 2.20. The maximum Gasteiger partial charge on any atom is 0.302 e. The van der Waals surface area contributed by atoms with Crippen molar-refractivity contribution in [1.29, 1.82) is 5.26 Å². The van der Waals surface area contributed by atoms with Crippen LogP contribution < -0.4 is 0 Å². The van der Waals surface area contributed by atoms with Gasteiger partial charge in [-0.25, -0.2) is 0 Å². The number of hydrogen-bond acceptors (Lipinski definition) is 4. The van der Waals surface area contributed by atoms with Gasteiger partial charge in [-0.3, -0.25) is 4.79 Å². The second-order valence-corrected chi connectivity index (χ2v) is 11.1. The average Bonchev–Trinajstić information content (AvgIpc) is 2.99. The molecule has 0 radical (unpaired) electrons. The highest BCUT2D eigenvalue weighted by atomic mass is 16.5. The molecule has 0 amide bonds. The molecule has 1 N–H and O–H groups in total. The highest BCUT2D eigenvalue weighted by Gasteiger charge is 2.62. The zero-order valence-corrected chi connectivity index (χ0v) is 18.0. The van der Waals surface area contributed by atoms with E-state index in [0.717, 1.165) is 43.9 Å². The largest absolute Gasteiger partial charge is 0.463 e. The lowest BCUT2D eigenvalue weighted by Gasteiger charge is -2.61. The van der Waals surface area contributed by atoms with Gasteiger partial charge in [-0.15, -0.1) is 0 Å². The molecular weight excluding hydrogens is 350 g/mol. The minimum Gasteiger partial charge on any atom is -0.463 e. The number of carbonyl (C=O) groups is 1. The van der Waals surface area contributed by atoms with Crippen LogP contribution in [0.25, 0.3) is 0 Å². The van der Waals surface area contributed by atoms with Gasteiger partial charge in [0.15, 0.2) is 5.60 Å². The first-order valence-corrected chi connectivity index (χ1v) is 11.4. The Hall–Kier alpha value is -1.08. The molecule has 28 heavy (non-hydrogen) atoms. The van der Waals surface area contributed by atoms with Crippen molar-refractivity contribution in [2.45, 2.75) is 97.2 Å². The maximum atomic E-state index is 11.4. The fourth-order valence-corrected chi connectivity index (χ4v) is 8.56. The molecule has 4 unspecified atom stereocenters. The molecule has 0 aliphatic heterocycles. The first-order chi connectivity index (χ1) is 13.1. The van der Waals surface area contributed by atoms with Gasteiger partial charge in [0.05, 0.1) is 6.07 Å². The molecule has 4 heteroatoms. The quantitative estimate of drug-likeness (QED) is 0.543. The molecule has 0 heterocycles. The van der Waals surface area contributed by atoms with E-state index in [0.29, 0.717) is 17.3 Å². The predicted molar refractivity (Wildman–Crippen MR) is 107 cm³/mol. The Morgan fingerprint density at radius 3 is 2.43 bits per heavy atom. The van der Waals surface area contributed by atoms with Crippen LogP contribution in [0.1, 0.15) is 85.5 Å². The number of nitriles is 1. The normalized spacial score (nSPS) is 49.7. The summed E-state index contributed by atoms with van der Waals surface area (Å²) in [6.07, 6.45) is 10.3. The van der Waals surface area contributed by atoms with Crippen LogP contribution in [-0.4, -0.2) is 22.8 Å². The van der Waals surface area contributed by atoms with E-state index in [-0.39, 0.29) is 23.4 Å². The lowest BCUT2D eigenvalue weighted by molar-refractivity contribution is -0.162. The number of fused-ring (bicyclic) bond motifs is 5. The average molecular weight is 388 g/mol. The summed E-state index contributed by atoms with van der Waals surface area (Å²) in [5.41, 5.74) is -0.755. The molecule has 0 aromatic rings. The van der Waals surface area contributed by atoms with Crippen LogP contribution in [0.15, 0.2) is 0 Å². The topological polar surface area (TPSA) is 70.3 Å². The fraction of sp³-hybridized carbons (Fsp3) is 0.917. The molecule has 9 atom stereocenters. The van der Waals surface area contributed by atoms with Crippen LogP contribution in [0, 0.1) is 51.8 Å². The standard InChI is InChI=1S/C24H37NO3/c1-15(26)28-17-9-11-22(2)16(13-17)5-6-18-19-7-8-21(24(4,27)14-25)23(19,3)12-10-20(18)22/h16-21,27H,5-13H2,1-4H3/t16?,17-,18?,19?,20-,21-,22-,23-,24?/m0/s1. The summed E-state index contributed by atoms with van der Waals surface area (Å²) in [6.45, 7) is 8.13. The third-order valence-electron chi connectivity index (χ3n) is 9.86. The van der Waals surface area contributed by atoms with E-state index in [4.69, 9.17) is 4.74 Å². The van der Waals surface area contributed by atoms with Crippen molar-refractivity contribution in [2.24, 2.45) is 40.4 Å². The SMILES string of the molecule is CC(=O)O[C@H]1CC[C@@]2(C)C(CCC3C4CC[C@H](C(C)(O)C#N)[C@@]4(C)CC[C@@H]32)C1. The summed E-state index contributed by atoms with van der Waals surface area (Å²) in [4.78, 5) is 11.4. The van der Waals surface area contributed by atoms with Crippen molar-refractivity contribution in [1.82, 2.24) is 0 Å². The summed E-state index contributed by atoms with van der Waals surface area (Å²) in [5, 5.41) is 20.3. The van der Waals surface area contributed by atoms with E-state index in [1.54, 1.807) is 6.92 Å². The predicted octanol–water partition coefficient (Wildman–Crippen LogP) is 4.85. The van der Waals surface area contributed by atoms with Crippen LogP contribution in [0.3, 0.4) is 0 Å². The number of aliphatic hydroxyl groups is 1. The van der Waals surface area contributed by atoms with E-state index >= 15 is 0 Å². The van der Waals surface area contributed by atoms with Crippen molar-refractivity contribution < 1.29 is 14.6 Å². The number of hydrogen-bond donors (Lipinski definition) is 1. The highest BCUT2D eigenvalue weighted by molar-refractivity contribution is 5.66. The molecule has 0 aromatic carbocycles. The zero-order chi connectivity index (χ0) is 20.3. The number of rotatable bonds is 2. The van der Waals surface area contributed by atoms with Gasteiger partial charge in [-0.2, -0.15) is 5.26 Å². The third-order valence-corrected chi connectivity index (χ3v) is 9.86. The molecule has 4 fully saturated rings. The molecule has 4 aliphatic carbocycles. The summed E-state index contributed by atoms with van der Waals surface area (Å²) in [5.74, 6) is 2.73. The van der Waals surface area contributed by atoms with E-state index in [1.165, 1.54) is 32.6 Å². The summed E-state index contributed by atoms with van der Waals surface area (Å²) in [7, 11) is 0. The highest BCUT2D eigenvalue weighted by Crippen LogP contribution is 2.68. The molecular formula is C24H37NO3. The summed E-state index contributed by atoms with van der Waals surface area (Å²) < 4.78 is 5.57. The zero-order valence-electron chi connectivity index (χ0n) is 18.0. The first kappa shape index (κ1) is 20.2. The number of ether oxygens (including phenoxy) is 1. The van der Waals surface area contributed by atoms with Gasteiger partial charge in [-0.1, -0.05) is 13.8 Å². The van der Waals surface area contributed by atoms with Crippen LogP contribution in [0.5, 0.6) is 0 Å². The first-order valence-electron chi connectivity index (χ1n) is 11.4. The lowest BCUT2D eigenvalue weighted by Crippen LogP contribution is -2.55. The van der Waals surface area contributed by atoms with Crippen molar-refractivity contribution in [3.63, 3.8) is 0 Å². The van der Waals surface area contributed by atoms with Gasteiger partial charge in [0.25, 0.3) is 0 Å². The van der Waals surface area contributed by atoms with E-state index < -0.39 is 5.60 Å². The molecule has 0 saturated heterocycles.